The van der Waals surface area contributed by atoms with Crippen molar-refractivity contribution in [2.45, 2.75) is 49.5 Å². The molecular weight excluding hydrogens is 244 g/mol. The number of carbonyl (C=O) groups is 1. The van der Waals surface area contributed by atoms with E-state index in [9.17, 15) is 25.2 Å². The molecule has 1 rings (SSSR count). The largest absolute Gasteiger partial charge is 0.467 e. The van der Waals surface area contributed by atoms with Crippen LogP contribution in [0.4, 0.5) is 0 Å². The Morgan fingerprint density at radius 1 is 1.39 bits per heavy atom. The number of hydrogen-bond donors (Lipinski definition) is 4. The standard InChI is InChI=1S/C11H18O7/c1-5-9(14)10(15)8(18-5)4-6(12)3-7(13)11(16)17-2/h1,5-10,12-15H,3-4H2,2H3/t5-,6+,7+,8+,9?,10-/m0/s1. The lowest BCUT2D eigenvalue weighted by molar-refractivity contribution is -0.152. The van der Waals surface area contributed by atoms with Crippen molar-refractivity contribution < 1.29 is 34.7 Å². The van der Waals surface area contributed by atoms with Crippen molar-refractivity contribution in [2.24, 2.45) is 0 Å². The number of carbonyl (C=O) groups excluding carboxylic acids is 1. The highest BCUT2D eigenvalue weighted by atomic mass is 16.5. The van der Waals surface area contributed by atoms with Crippen molar-refractivity contribution in [1.82, 2.24) is 0 Å². The quantitative estimate of drug-likeness (QED) is 0.418. The fraction of sp³-hybridized carbons (Fsp3) is 0.818. The van der Waals surface area contributed by atoms with E-state index in [4.69, 9.17) is 11.7 Å². The molecule has 0 aromatic heterocycles. The first-order chi connectivity index (χ1) is 8.36. The van der Waals surface area contributed by atoms with Gasteiger partial charge in [-0.3, -0.25) is 0 Å². The van der Waals surface area contributed by atoms with E-state index in [2.05, 4.69) is 4.74 Å². The summed E-state index contributed by atoms with van der Waals surface area (Å²) in [5, 5.41) is 37.9. The average molecular weight is 262 g/mol. The molecule has 4 N–H and O–H groups in total. The zero-order valence-electron chi connectivity index (χ0n) is 9.97. The molecule has 7 nitrogen and oxygen atoms in total. The van der Waals surface area contributed by atoms with Gasteiger partial charge in [0.05, 0.1) is 25.4 Å². The highest BCUT2D eigenvalue weighted by molar-refractivity contribution is 5.74. The molecule has 6 atom stereocenters. The van der Waals surface area contributed by atoms with Crippen LogP contribution in [0.5, 0.6) is 0 Å². The number of ether oxygens (including phenoxy) is 2. The van der Waals surface area contributed by atoms with Crippen LogP contribution in [-0.2, 0) is 14.3 Å². The molecule has 0 bridgehead atoms. The molecule has 1 fully saturated rings. The van der Waals surface area contributed by atoms with Gasteiger partial charge in [0.2, 0.25) is 0 Å². The third-order valence-electron chi connectivity index (χ3n) is 2.87. The molecule has 0 saturated carbocycles. The van der Waals surface area contributed by atoms with Crippen LogP contribution in [0.3, 0.4) is 0 Å². The van der Waals surface area contributed by atoms with Gasteiger partial charge in [-0.15, -0.1) is 0 Å². The van der Waals surface area contributed by atoms with Crippen LogP contribution in [0.15, 0.2) is 0 Å². The Morgan fingerprint density at radius 3 is 2.44 bits per heavy atom. The number of hydrogen-bond acceptors (Lipinski definition) is 7. The van der Waals surface area contributed by atoms with Crippen LogP contribution in [-0.4, -0.2) is 70.1 Å². The summed E-state index contributed by atoms with van der Waals surface area (Å²) in [6, 6.07) is 0. The van der Waals surface area contributed by atoms with E-state index in [1.165, 1.54) is 0 Å². The van der Waals surface area contributed by atoms with Crippen LogP contribution in [0.25, 0.3) is 0 Å². The minimum atomic E-state index is -1.44. The van der Waals surface area contributed by atoms with Crippen molar-refractivity contribution in [3.63, 3.8) is 0 Å². The highest BCUT2D eigenvalue weighted by Crippen LogP contribution is 2.24. The van der Waals surface area contributed by atoms with Crippen molar-refractivity contribution >= 4 is 5.97 Å². The first-order valence-corrected chi connectivity index (χ1v) is 5.58. The Morgan fingerprint density at radius 2 is 2.00 bits per heavy atom. The number of aliphatic hydroxyl groups excluding tert-OH is 4. The minimum absolute atomic E-state index is 0.0556. The second-order valence-corrected chi connectivity index (χ2v) is 4.28. The average Bonchev–Trinajstić information content (AvgIpc) is 2.55. The maximum Gasteiger partial charge on any atom is 0.334 e. The molecule has 0 spiro atoms. The fourth-order valence-electron chi connectivity index (χ4n) is 1.83. The number of rotatable bonds is 5. The molecule has 0 aromatic rings. The summed E-state index contributed by atoms with van der Waals surface area (Å²) >= 11 is 0. The van der Waals surface area contributed by atoms with Crippen LogP contribution in [0.1, 0.15) is 12.8 Å². The van der Waals surface area contributed by atoms with Crippen molar-refractivity contribution in [3.05, 3.63) is 6.92 Å². The Hall–Kier alpha value is -0.730. The number of esters is 1. The lowest BCUT2D eigenvalue weighted by atomic mass is 10.0. The summed E-state index contributed by atoms with van der Waals surface area (Å²) in [5.74, 6) is -0.848. The first-order valence-electron chi connectivity index (χ1n) is 5.58. The predicted molar refractivity (Wildman–Crippen MR) is 58.2 cm³/mol. The molecular formula is C11H18O7. The van der Waals surface area contributed by atoms with Crippen molar-refractivity contribution in [1.29, 1.82) is 0 Å². The van der Waals surface area contributed by atoms with E-state index in [0.717, 1.165) is 7.11 Å². The summed E-state index contributed by atoms with van der Waals surface area (Å²) in [5.41, 5.74) is 0. The van der Waals surface area contributed by atoms with Crippen molar-refractivity contribution in [2.75, 3.05) is 7.11 Å². The van der Waals surface area contributed by atoms with Crippen LogP contribution >= 0.6 is 0 Å². The van der Waals surface area contributed by atoms with Crippen LogP contribution < -0.4 is 0 Å². The van der Waals surface area contributed by atoms with Gasteiger partial charge < -0.3 is 29.9 Å². The van der Waals surface area contributed by atoms with E-state index in [-0.39, 0.29) is 12.8 Å². The summed E-state index contributed by atoms with van der Waals surface area (Å²) in [7, 11) is 1.12. The third kappa shape index (κ3) is 3.63. The van der Waals surface area contributed by atoms with Gasteiger partial charge in [0.1, 0.15) is 12.2 Å². The lowest BCUT2D eigenvalue weighted by Crippen LogP contribution is -2.35. The molecule has 1 aliphatic heterocycles. The molecule has 1 saturated heterocycles. The zero-order chi connectivity index (χ0) is 13.9. The molecule has 0 aliphatic carbocycles. The van der Waals surface area contributed by atoms with Crippen molar-refractivity contribution in [3.8, 4) is 0 Å². The smallest absolute Gasteiger partial charge is 0.334 e. The van der Waals surface area contributed by atoms with Gasteiger partial charge in [-0.25, -0.2) is 4.79 Å². The topological polar surface area (TPSA) is 116 Å². The molecule has 2 radical (unpaired) electrons. The predicted octanol–water partition coefficient (Wildman–Crippen LogP) is -2.14. The molecule has 1 aliphatic rings. The second kappa shape index (κ2) is 6.44. The van der Waals surface area contributed by atoms with Gasteiger partial charge in [0.15, 0.2) is 6.10 Å². The van der Waals surface area contributed by atoms with Gasteiger partial charge in [-0.2, -0.15) is 0 Å². The van der Waals surface area contributed by atoms with E-state index in [0.29, 0.717) is 0 Å². The van der Waals surface area contributed by atoms with Gasteiger partial charge >= 0.3 is 5.97 Å². The fourth-order valence-corrected chi connectivity index (χ4v) is 1.83. The van der Waals surface area contributed by atoms with Crippen LogP contribution in [0.2, 0.25) is 0 Å². The SMILES string of the molecule is [CH][C@@H]1O[C@H](C[C@H](O)C[C@@H](O)C(=O)OC)[C@H](O)C1O. The van der Waals surface area contributed by atoms with E-state index < -0.39 is 42.6 Å². The maximum absolute atomic E-state index is 10.9. The monoisotopic (exact) mass is 262 g/mol. The van der Waals surface area contributed by atoms with Gasteiger partial charge in [0, 0.05) is 12.8 Å². The molecule has 0 amide bonds. The maximum atomic E-state index is 10.9. The van der Waals surface area contributed by atoms with E-state index >= 15 is 0 Å². The van der Waals surface area contributed by atoms with Crippen LogP contribution in [0, 0.1) is 6.92 Å². The highest BCUT2D eigenvalue weighted by Gasteiger charge is 2.41. The Kier molecular flexibility index (Phi) is 5.48. The Balaban J connectivity index is 2.41. The summed E-state index contributed by atoms with van der Waals surface area (Å²) < 4.78 is 9.34. The zero-order valence-corrected chi connectivity index (χ0v) is 9.97. The summed E-state index contributed by atoms with van der Waals surface area (Å²) in [6.07, 6.45) is -7.10. The van der Waals surface area contributed by atoms with Gasteiger partial charge in [-0.05, 0) is 6.92 Å². The molecule has 1 heterocycles. The minimum Gasteiger partial charge on any atom is -0.467 e. The summed E-state index contributed by atoms with van der Waals surface area (Å²) in [6.45, 7) is 5.37. The Labute approximate surface area is 105 Å². The Bertz CT molecular complexity index is 283. The van der Waals surface area contributed by atoms with E-state index in [1.54, 1.807) is 0 Å². The second-order valence-electron chi connectivity index (χ2n) is 4.28. The molecule has 18 heavy (non-hydrogen) atoms. The molecule has 104 valence electrons. The molecule has 1 unspecified atom stereocenters. The lowest BCUT2D eigenvalue weighted by Gasteiger charge is -2.19. The van der Waals surface area contributed by atoms with E-state index in [1.807, 2.05) is 0 Å². The number of aliphatic hydroxyl groups is 4. The van der Waals surface area contributed by atoms with Gasteiger partial charge in [0.25, 0.3) is 0 Å². The first kappa shape index (κ1) is 15.3. The molecule has 7 heteroatoms. The normalized spacial score (nSPS) is 35.2. The molecule has 0 aromatic carbocycles. The third-order valence-corrected chi connectivity index (χ3v) is 2.87. The number of methoxy groups -OCH3 is 1. The van der Waals surface area contributed by atoms with Gasteiger partial charge in [-0.1, -0.05) is 0 Å². The summed E-state index contributed by atoms with van der Waals surface area (Å²) in [4.78, 5) is 10.9.